The van der Waals surface area contributed by atoms with Crippen LogP contribution in [0.2, 0.25) is 0 Å². The molecule has 0 atom stereocenters. The standard InChI is InChI=1S/C9H14N4O3/c1-5-8(13(14)15)9(10)12(11-5)6-3-7(4-6)16-2/h6-7H,3-4,10H2,1-2H3. The summed E-state index contributed by atoms with van der Waals surface area (Å²) in [7, 11) is 1.65. The number of nitro groups is 1. The molecule has 0 aliphatic heterocycles. The zero-order chi connectivity index (χ0) is 11.9. The first kappa shape index (κ1) is 10.9. The van der Waals surface area contributed by atoms with Crippen LogP contribution in [0.5, 0.6) is 0 Å². The van der Waals surface area contributed by atoms with Crippen LogP contribution in [0.1, 0.15) is 24.6 Å². The highest BCUT2D eigenvalue weighted by Gasteiger charge is 2.35. The lowest BCUT2D eigenvalue weighted by Gasteiger charge is -2.34. The van der Waals surface area contributed by atoms with Crippen molar-refractivity contribution in [3.8, 4) is 0 Å². The summed E-state index contributed by atoms with van der Waals surface area (Å²) in [5.41, 5.74) is 6.00. The third-order valence-electron chi connectivity index (χ3n) is 3.02. The second kappa shape index (κ2) is 3.75. The Balaban J connectivity index is 2.24. The van der Waals surface area contributed by atoms with Crippen molar-refractivity contribution in [1.29, 1.82) is 0 Å². The van der Waals surface area contributed by atoms with Crippen LogP contribution in [-0.4, -0.2) is 27.9 Å². The summed E-state index contributed by atoms with van der Waals surface area (Å²) in [5.74, 6) is 0.141. The molecule has 1 aromatic rings. The van der Waals surface area contributed by atoms with Crippen LogP contribution in [-0.2, 0) is 4.74 Å². The fourth-order valence-corrected chi connectivity index (χ4v) is 1.99. The zero-order valence-corrected chi connectivity index (χ0v) is 9.21. The number of rotatable bonds is 3. The molecule has 1 heterocycles. The Morgan fingerprint density at radius 1 is 1.62 bits per heavy atom. The van der Waals surface area contributed by atoms with E-state index in [1.54, 1.807) is 18.7 Å². The first-order valence-electron chi connectivity index (χ1n) is 5.06. The van der Waals surface area contributed by atoms with Gasteiger partial charge < -0.3 is 10.5 Å². The van der Waals surface area contributed by atoms with Crippen molar-refractivity contribution >= 4 is 11.5 Å². The molecular weight excluding hydrogens is 212 g/mol. The number of aromatic nitrogens is 2. The molecule has 7 heteroatoms. The van der Waals surface area contributed by atoms with E-state index in [-0.39, 0.29) is 23.7 Å². The van der Waals surface area contributed by atoms with Gasteiger partial charge in [0.15, 0.2) is 0 Å². The molecule has 0 saturated heterocycles. The van der Waals surface area contributed by atoms with Crippen molar-refractivity contribution in [2.24, 2.45) is 0 Å². The number of nitrogen functional groups attached to an aromatic ring is 1. The molecule has 1 aliphatic rings. The van der Waals surface area contributed by atoms with Gasteiger partial charge in [-0.3, -0.25) is 10.1 Å². The van der Waals surface area contributed by atoms with Crippen LogP contribution >= 0.6 is 0 Å². The molecule has 2 rings (SSSR count). The van der Waals surface area contributed by atoms with Gasteiger partial charge in [0, 0.05) is 7.11 Å². The molecule has 1 fully saturated rings. The summed E-state index contributed by atoms with van der Waals surface area (Å²) in [6.07, 6.45) is 1.82. The molecule has 1 aliphatic carbocycles. The third kappa shape index (κ3) is 1.53. The number of hydrogen-bond acceptors (Lipinski definition) is 5. The molecule has 2 N–H and O–H groups in total. The van der Waals surface area contributed by atoms with E-state index in [1.165, 1.54) is 0 Å². The maximum Gasteiger partial charge on any atom is 0.333 e. The van der Waals surface area contributed by atoms with E-state index in [4.69, 9.17) is 10.5 Å². The molecule has 7 nitrogen and oxygen atoms in total. The highest BCUT2D eigenvalue weighted by molar-refractivity contribution is 5.56. The number of nitrogens with zero attached hydrogens (tertiary/aromatic N) is 3. The minimum atomic E-state index is -0.485. The maximum atomic E-state index is 10.8. The number of methoxy groups -OCH3 is 1. The SMILES string of the molecule is COC1CC(n2nc(C)c([N+](=O)[O-])c2N)C1. The van der Waals surface area contributed by atoms with E-state index in [2.05, 4.69) is 5.10 Å². The molecule has 0 radical (unpaired) electrons. The van der Waals surface area contributed by atoms with Crippen LogP contribution in [0.3, 0.4) is 0 Å². The Morgan fingerprint density at radius 2 is 2.25 bits per heavy atom. The van der Waals surface area contributed by atoms with Gasteiger partial charge in [0.1, 0.15) is 5.69 Å². The highest BCUT2D eigenvalue weighted by Crippen LogP contribution is 2.38. The van der Waals surface area contributed by atoms with Gasteiger partial charge in [-0.25, -0.2) is 4.68 Å². The van der Waals surface area contributed by atoms with Gasteiger partial charge in [-0.05, 0) is 19.8 Å². The largest absolute Gasteiger partial charge is 0.381 e. The number of aryl methyl sites for hydroxylation is 1. The van der Waals surface area contributed by atoms with Gasteiger partial charge in [-0.1, -0.05) is 0 Å². The topological polar surface area (TPSA) is 96.2 Å². The van der Waals surface area contributed by atoms with Crippen molar-refractivity contribution < 1.29 is 9.66 Å². The van der Waals surface area contributed by atoms with Crippen molar-refractivity contribution in [2.45, 2.75) is 31.9 Å². The Hall–Kier alpha value is -1.63. The smallest absolute Gasteiger partial charge is 0.333 e. The van der Waals surface area contributed by atoms with Crippen molar-refractivity contribution in [3.05, 3.63) is 15.8 Å². The van der Waals surface area contributed by atoms with Gasteiger partial charge in [0.25, 0.3) is 0 Å². The molecule has 88 valence electrons. The zero-order valence-electron chi connectivity index (χ0n) is 9.21. The molecule has 0 spiro atoms. The summed E-state index contributed by atoms with van der Waals surface area (Å²) in [6.45, 7) is 1.59. The van der Waals surface area contributed by atoms with E-state index in [0.717, 1.165) is 12.8 Å². The van der Waals surface area contributed by atoms with Crippen LogP contribution in [0.4, 0.5) is 11.5 Å². The molecule has 1 saturated carbocycles. The molecule has 0 bridgehead atoms. The predicted molar refractivity (Wildman–Crippen MR) is 57.1 cm³/mol. The van der Waals surface area contributed by atoms with Crippen molar-refractivity contribution in [1.82, 2.24) is 9.78 Å². The maximum absolute atomic E-state index is 10.8. The fraction of sp³-hybridized carbons (Fsp3) is 0.667. The Morgan fingerprint density at radius 3 is 2.69 bits per heavy atom. The first-order valence-corrected chi connectivity index (χ1v) is 5.06. The second-order valence-electron chi connectivity index (χ2n) is 4.00. The highest BCUT2D eigenvalue weighted by atomic mass is 16.6. The van der Waals surface area contributed by atoms with Gasteiger partial charge in [0.2, 0.25) is 5.82 Å². The van der Waals surface area contributed by atoms with Gasteiger partial charge in [-0.2, -0.15) is 5.10 Å². The summed E-state index contributed by atoms with van der Waals surface area (Å²) < 4.78 is 6.69. The quantitative estimate of drug-likeness (QED) is 0.613. The van der Waals surface area contributed by atoms with E-state index in [0.29, 0.717) is 5.69 Å². The Labute approximate surface area is 92.3 Å². The lowest BCUT2D eigenvalue weighted by atomic mass is 9.89. The molecule has 16 heavy (non-hydrogen) atoms. The van der Waals surface area contributed by atoms with E-state index in [1.807, 2.05) is 0 Å². The molecular formula is C9H14N4O3. The lowest BCUT2D eigenvalue weighted by Crippen LogP contribution is -2.33. The Kier molecular flexibility index (Phi) is 2.55. The number of hydrogen-bond donors (Lipinski definition) is 1. The van der Waals surface area contributed by atoms with Gasteiger partial charge in [0.05, 0.1) is 17.1 Å². The molecule has 1 aromatic heterocycles. The Bertz CT molecular complexity index is 423. The lowest BCUT2D eigenvalue weighted by molar-refractivity contribution is -0.384. The van der Waals surface area contributed by atoms with Crippen LogP contribution in [0, 0.1) is 17.0 Å². The van der Waals surface area contributed by atoms with Gasteiger partial charge in [-0.15, -0.1) is 0 Å². The van der Waals surface area contributed by atoms with Crippen LogP contribution < -0.4 is 5.73 Å². The minimum absolute atomic E-state index is 0.0825. The summed E-state index contributed by atoms with van der Waals surface area (Å²) >= 11 is 0. The molecule has 0 aromatic carbocycles. The van der Waals surface area contributed by atoms with E-state index >= 15 is 0 Å². The van der Waals surface area contributed by atoms with Crippen LogP contribution in [0.15, 0.2) is 0 Å². The van der Waals surface area contributed by atoms with E-state index in [9.17, 15) is 10.1 Å². The predicted octanol–water partition coefficient (Wildman–Crippen LogP) is 1.03. The van der Waals surface area contributed by atoms with Crippen molar-refractivity contribution in [2.75, 3.05) is 12.8 Å². The minimum Gasteiger partial charge on any atom is -0.381 e. The summed E-state index contributed by atoms with van der Waals surface area (Å²) in [5, 5.41) is 14.9. The average Bonchev–Trinajstić information content (AvgIpc) is 2.40. The van der Waals surface area contributed by atoms with Gasteiger partial charge >= 0.3 is 5.69 Å². The van der Waals surface area contributed by atoms with Crippen molar-refractivity contribution in [3.63, 3.8) is 0 Å². The molecule has 0 unspecified atom stereocenters. The summed E-state index contributed by atoms with van der Waals surface area (Å²) in [4.78, 5) is 10.3. The molecule has 0 amide bonds. The monoisotopic (exact) mass is 226 g/mol. The normalized spacial score (nSPS) is 24.1. The summed E-state index contributed by atoms with van der Waals surface area (Å²) in [6, 6.07) is 0.123. The second-order valence-corrected chi connectivity index (χ2v) is 4.00. The fourth-order valence-electron chi connectivity index (χ4n) is 1.99. The number of ether oxygens (including phenoxy) is 1. The average molecular weight is 226 g/mol. The number of anilines is 1. The first-order chi connectivity index (χ1) is 7.54. The third-order valence-corrected chi connectivity index (χ3v) is 3.02. The van der Waals surface area contributed by atoms with E-state index < -0.39 is 4.92 Å². The number of nitrogens with two attached hydrogens (primary N) is 1. The van der Waals surface area contributed by atoms with Crippen LogP contribution in [0.25, 0.3) is 0 Å².